The number of aliphatic carboxylic acids is 1. The Hall–Kier alpha value is -1.53. The lowest BCUT2D eigenvalue weighted by Gasteiger charge is -2.27. The van der Waals surface area contributed by atoms with Crippen molar-refractivity contribution in [3.05, 3.63) is 29.8 Å². The Morgan fingerprint density at radius 2 is 2.20 bits per heavy atom. The van der Waals surface area contributed by atoms with Gasteiger partial charge >= 0.3 is 5.97 Å². The molecule has 1 saturated heterocycles. The molecule has 1 aliphatic heterocycles. The largest absolute Gasteiger partial charge is 0.481 e. The summed E-state index contributed by atoms with van der Waals surface area (Å²) in [7, 11) is 0. The molecule has 108 valence electrons. The second-order valence-electron chi connectivity index (χ2n) is 4.81. The van der Waals surface area contributed by atoms with Crippen molar-refractivity contribution in [2.24, 2.45) is 0 Å². The van der Waals surface area contributed by atoms with Gasteiger partial charge in [0.15, 0.2) is 0 Å². The summed E-state index contributed by atoms with van der Waals surface area (Å²) in [6.07, 6.45) is 2.30. The molecular weight excluding hydrogens is 278 g/mol. The van der Waals surface area contributed by atoms with Crippen LogP contribution >= 0.6 is 11.8 Å². The third-order valence-corrected chi connectivity index (χ3v) is 4.12. The van der Waals surface area contributed by atoms with Crippen molar-refractivity contribution in [3.63, 3.8) is 0 Å². The van der Waals surface area contributed by atoms with Crippen LogP contribution < -0.4 is 5.32 Å². The molecule has 2 N–H and O–H groups in total. The molecule has 0 aliphatic carbocycles. The highest BCUT2D eigenvalue weighted by Crippen LogP contribution is 2.25. The number of benzene rings is 1. The molecule has 0 saturated carbocycles. The summed E-state index contributed by atoms with van der Waals surface area (Å²) in [5.41, 5.74) is -0.231. The van der Waals surface area contributed by atoms with Crippen LogP contribution in [0.5, 0.6) is 0 Å². The summed E-state index contributed by atoms with van der Waals surface area (Å²) in [6.45, 7) is 0.713. The highest BCUT2D eigenvalue weighted by molar-refractivity contribution is 7.98. The first-order valence-corrected chi connectivity index (χ1v) is 7.54. The van der Waals surface area contributed by atoms with E-state index in [1.54, 1.807) is 12.1 Å². The van der Waals surface area contributed by atoms with Crippen LogP contribution in [0.15, 0.2) is 29.2 Å². The Kier molecular flexibility index (Phi) is 4.67. The molecular formula is C14H17NO4S. The number of nitrogens with one attached hydrogen (secondary N) is 1. The Bertz CT molecular complexity index is 512. The number of carboxylic acids is 1. The first-order chi connectivity index (χ1) is 9.56. The van der Waals surface area contributed by atoms with Gasteiger partial charge < -0.3 is 15.2 Å². The van der Waals surface area contributed by atoms with Crippen molar-refractivity contribution in [3.8, 4) is 0 Å². The Labute approximate surface area is 121 Å². The topological polar surface area (TPSA) is 75.6 Å². The number of ether oxygens (including phenoxy) is 1. The molecule has 0 radical (unpaired) electrons. The molecule has 0 spiro atoms. The fraction of sp³-hybridized carbons (Fsp3) is 0.429. The van der Waals surface area contributed by atoms with Crippen LogP contribution in [0.4, 0.5) is 0 Å². The maximum atomic E-state index is 12.4. The minimum atomic E-state index is -0.936. The molecule has 0 aromatic heterocycles. The molecule has 1 atom stereocenters. The molecule has 1 heterocycles. The summed E-state index contributed by atoms with van der Waals surface area (Å²) in [4.78, 5) is 24.3. The standard InChI is InChI=1S/C14H17NO4S/c1-20-11-5-3-2-4-10(11)13(18)15-14(8-12(16)17)6-7-19-9-14/h2-5H,6-9H2,1H3,(H,15,18)(H,16,17). The van der Waals surface area contributed by atoms with Crippen LogP contribution in [0.25, 0.3) is 0 Å². The summed E-state index contributed by atoms with van der Waals surface area (Å²) in [5, 5.41) is 11.9. The van der Waals surface area contributed by atoms with Crippen molar-refractivity contribution in [2.45, 2.75) is 23.3 Å². The number of carbonyl (C=O) groups is 2. The third-order valence-electron chi connectivity index (χ3n) is 3.32. The Balaban J connectivity index is 2.18. The molecule has 0 bridgehead atoms. The van der Waals surface area contributed by atoms with Gasteiger partial charge in [-0.1, -0.05) is 12.1 Å². The molecule has 20 heavy (non-hydrogen) atoms. The molecule has 1 aromatic carbocycles. The molecule has 1 amide bonds. The fourth-order valence-electron chi connectivity index (χ4n) is 2.32. The van der Waals surface area contributed by atoms with Gasteiger partial charge in [-0.15, -0.1) is 11.8 Å². The van der Waals surface area contributed by atoms with E-state index in [2.05, 4.69) is 5.32 Å². The summed E-state index contributed by atoms with van der Waals surface area (Å²) < 4.78 is 5.27. The zero-order valence-corrected chi connectivity index (χ0v) is 12.0. The first kappa shape index (κ1) is 14.9. The second-order valence-corrected chi connectivity index (χ2v) is 5.66. The molecule has 1 unspecified atom stereocenters. The van der Waals surface area contributed by atoms with Crippen LogP contribution in [0, 0.1) is 0 Å². The number of hydrogen-bond acceptors (Lipinski definition) is 4. The van der Waals surface area contributed by atoms with Gasteiger partial charge in [0.05, 0.1) is 24.1 Å². The average Bonchev–Trinajstić information content (AvgIpc) is 2.85. The monoisotopic (exact) mass is 295 g/mol. The minimum Gasteiger partial charge on any atom is -0.481 e. The van der Waals surface area contributed by atoms with Crippen molar-refractivity contribution in [1.82, 2.24) is 5.32 Å². The zero-order valence-electron chi connectivity index (χ0n) is 11.2. The van der Waals surface area contributed by atoms with Gasteiger partial charge in [0.25, 0.3) is 5.91 Å². The maximum absolute atomic E-state index is 12.4. The van der Waals surface area contributed by atoms with E-state index in [1.165, 1.54) is 11.8 Å². The van der Waals surface area contributed by atoms with E-state index < -0.39 is 11.5 Å². The number of carboxylic acid groups (broad SMARTS) is 1. The third kappa shape index (κ3) is 3.32. The van der Waals surface area contributed by atoms with E-state index in [0.717, 1.165) is 4.90 Å². The smallest absolute Gasteiger partial charge is 0.305 e. The number of hydrogen-bond donors (Lipinski definition) is 2. The molecule has 2 rings (SSSR count). The molecule has 1 aromatic rings. The Morgan fingerprint density at radius 1 is 1.45 bits per heavy atom. The number of thioether (sulfide) groups is 1. The van der Waals surface area contributed by atoms with Gasteiger partial charge in [-0.3, -0.25) is 9.59 Å². The van der Waals surface area contributed by atoms with Crippen LogP contribution in [-0.2, 0) is 9.53 Å². The quantitative estimate of drug-likeness (QED) is 0.810. The van der Waals surface area contributed by atoms with Gasteiger partial charge in [-0.25, -0.2) is 0 Å². The van der Waals surface area contributed by atoms with Gasteiger partial charge in [-0.05, 0) is 24.8 Å². The van der Waals surface area contributed by atoms with Crippen LogP contribution in [0.1, 0.15) is 23.2 Å². The molecule has 1 fully saturated rings. The van der Waals surface area contributed by atoms with Crippen molar-refractivity contribution in [1.29, 1.82) is 0 Å². The normalized spacial score (nSPS) is 21.6. The van der Waals surface area contributed by atoms with Crippen LogP contribution in [0.2, 0.25) is 0 Å². The zero-order chi connectivity index (χ0) is 14.6. The van der Waals surface area contributed by atoms with E-state index in [4.69, 9.17) is 9.84 Å². The van der Waals surface area contributed by atoms with E-state index in [0.29, 0.717) is 18.6 Å². The number of amides is 1. The average molecular weight is 295 g/mol. The van der Waals surface area contributed by atoms with Gasteiger partial charge in [0, 0.05) is 11.5 Å². The van der Waals surface area contributed by atoms with E-state index >= 15 is 0 Å². The highest BCUT2D eigenvalue weighted by atomic mass is 32.2. The number of rotatable bonds is 5. The van der Waals surface area contributed by atoms with Crippen LogP contribution in [0.3, 0.4) is 0 Å². The maximum Gasteiger partial charge on any atom is 0.305 e. The van der Waals surface area contributed by atoms with E-state index in [9.17, 15) is 9.59 Å². The summed E-state index contributed by atoms with van der Waals surface area (Å²) >= 11 is 1.49. The highest BCUT2D eigenvalue weighted by Gasteiger charge is 2.39. The molecule has 5 nitrogen and oxygen atoms in total. The van der Waals surface area contributed by atoms with Crippen molar-refractivity contribution < 1.29 is 19.4 Å². The number of carbonyl (C=O) groups excluding carboxylic acids is 1. The van der Waals surface area contributed by atoms with Crippen LogP contribution in [-0.4, -0.2) is 42.0 Å². The second kappa shape index (κ2) is 6.28. The predicted molar refractivity (Wildman–Crippen MR) is 76.1 cm³/mol. The van der Waals surface area contributed by atoms with E-state index in [1.807, 2.05) is 18.4 Å². The SMILES string of the molecule is CSc1ccccc1C(=O)NC1(CC(=O)O)CCOC1. The lowest BCUT2D eigenvalue weighted by atomic mass is 9.93. The van der Waals surface area contributed by atoms with Crippen molar-refractivity contribution >= 4 is 23.6 Å². The molecule has 6 heteroatoms. The lowest BCUT2D eigenvalue weighted by Crippen LogP contribution is -2.50. The first-order valence-electron chi connectivity index (χ1n) is 6.31. The van der Waals surface area contributed by atoms with Gasteiger partial charge in [0.1, 0.15) is 0 Å². The molecule has 1 aliphatic rings. The predicted octanol–water partition coefficient (Wildman–Crippen LogP) is 1.77. The van der Waals surface area contributed by atoms with Gasteiger partial charge in [-0.2, -0.15) is 0 Å². The lowest BCUT2D eigenvalue weighted by molar-refractivity contribution is -0.138. The summed E-state index contributed by atoms with van der Waals surface area (Å²) in [5.74, 6) is -1.18. The van der Waals surface area contributed by atoms with E-state index in [-0.39, 0.29) is 18.9 Å². The minimum absolute atomic E-state index is 0.125. The Morgan fingerprint density at radius 3 is 2.80 bits per heavy atom. The summed E-state index contributed by atoms with van der Waals surface area (Å²) in [6, 6.07) is 7.28. The fourth-order valence-corrected chi connectivity index (χ4v) is 2.91. The van der Waals surface area contributed by atoms with Crippen molar-refractivity contribution in [2.75, 3.05) is 19.5 Å². The van der Waals surface area contributed by atoms with Gasteiger partial charge in [0.2, 0.25) is 0 Å².